The first-order valence-corrected chi connectivity index (χ1v) is 11.2. The Balaban J connectivity index is 1.51. The zero-order chi connectivity index (χ0) is 22.9. The number of nitrogens with zero attached hydrogens (tertiary/aromatic N) is 1. The third-order valence-corrected chi connectivity index (χ3v) is 5.36. The van der Waals surface area contributed by atoms with E-state index in [0.717, 1.165) is 19.3 Å². The molecule has 2 amide bonds. The molecular formula is C25H33N3O4. The average molecular weight is 440 g/mol. The number of rotatable bonds is 10. The topological polar surface area (TPSA) is 79.9 Å². The van der Waals surface area contributed by atoms with Gasteiger partial charge in [-0.3, -0.25) is 14.5 Å². The molecular weight excluding hydrogens is 406 g/mol. The van der Waals surface area contributed by atoms with Crippen LogP contribution in [0.2, 0.25) is 0 Å². The number of fused-ring (bicyclic) bond motifs is 1. The predicted octanol–water partition coefficient (Wildman–Crippen LogP) is 3.55. The molecule has 0 aliphatic heterocycles. The first-order chi connectivity index (χ1) is 15.5. The fraction of sp³-hybridized carbons (Fsp3) is 0.440. The summed E-state index contributed by atoms with van der Waals surface area (Å²) in [4.78, 5) is 26.8. The van der Waals surface area contributed by atoms with Crippen LogP contribution in [0.5, 0.6) is 11.5 Å². The summed E-state index contributed by atoms with van der Waals surface area (Å²) in [6, 6.07) is 13.6. The van der Waals surface area contributed by atoms with Crippen molar-refractivity contribution in [2.24, 2.45) is 0 Å². The molecule has 0 spiro atoms. The molecule has 0 unspecified atom stereocenters. The highest BCUT2D eigenvalue weighted by Gasteiger charge is 2.22. The Kier molecular flexibility index (Phi) is 8.50. The van der Waals surface area contributed by atoms with E-state index < -0.39 is 0 Å². The highest BCUT2D eigenvalue weighted by atomic mass is 16.5. The van der Waals surface area contributed by atoms with Crippen molar-refractivity contribution in [3.8, 4) is 11.5 Å². The third-order valence-electron chi connectivity index (χ3n) is 5.36. The van der Waals surface area contributed by atoms with Crippen LogP contribution in [0.25, 0.3) is 0 Å². The van der Waals surface area contributed by atoms with Gasteiger partial charge in [0, 0.05) is 11.8 Å². The zero-order valence-corrected chi connectivity index (χ0v) is 19.1. The molecule has 0 radical (unpaired) electrons. The molecule has 0 bridgehead atoms. The third kappa shape index (κ3) is 6.47. The maximum atomic E-state index is 12.6. The van der Waals surface area contributed by atoms with Gasteiger partial charge in [-0.1, -0.05) is 24.3 Å². The van der Waals surface area contributed by atoms with Crippen LogP contribution in [0.15, 0.2) is 42.5 Å². The molecule has 172 valence electrons. The maximum absolute atomic E-state index is 12.6. The van der Waals surface area contributed by atoms with Gasteiger partial charge in [0.1, 0.15) is 0 Å². The Labute approximate surface area is 190 Å². The van der Waals surface area contributed by atoms with Crippen LogP contribution in [0.4, 0.5) is 5.69 Å². The van der Waals surface area contributed by atoms with Crippen molar-refractivity contribution < 1.29 is 19.1 Å². The Morgan fingerprint density at radius 2 is 1.72 bits per heavy atom. The monoisotopic (exact) mass is 439 g/mol. The summed E-state index contributed by atoms with van der Waals surface area (Å²) in [5.41, 5.74) is 3.13. The van der Waals surface area contributed by atoms with E-state index in [1.54, 1.807) is 30.1 Å². The minimum atomic E-state index is -0.199. The second-order valence-corrected chi connectivity index (χ2v) is 7.96. The molecule has 0 fully saturated rings. The second-order valence-electron chi connectivity index (χ2n) is 7.96. The van der Waals surface area contributed by atoms with Gasteiger partial charge in [0.15, 0.2) is 11.5 Å². The van der Waals surface area contributed by atoms with E-state index in [9.17, 15) is 9.59 Å². The van der Waals surface area contributed by atoms with Gasteiger partial charge in [-0.2, -0.15) is 0 Å². The Morgan fingerprint density at radius 1 is 1.00 bits per heavy atom. The number of hydrogen-bond donors (Lipinski definition) is 2. The van der Waals surface area contributed by atoms with Gasteiger partial charge >= 0.3 is 0 Å². The number of hydrogen-bond acceptors (Lipinski definition) is 5. The molecule has 7 heteroatoms. The standard InChI is InChI=1S/C25H33N3O4/c1-4-31-22-14-13-19(15-23(22)32-5-2)26-24(29)16-28(3)17-25(30)27-21-12-8-10-18-9-6-7-11-20(18)21/h6-7,9,11,13-15,21H,4-5,8,10,12,16-17H2,1-3H3,(H,26,29)(H,27,30)/t21-/m1/s1. The number of carbonyl (C=O) groups is 2. The Bertz CT molecular complexity index is 931. The summed E-state index contributed by atoms with van der Waals surface area (Å²) in [6.45, 7) is 5.09. The van der Waals surface area contributed by atoms with Gasteiger partial charge in [-0.15, -0.1) is 0 Å². The number of likely N-dealkylation sites (N-methyl/N-ethyl adjacent to an activating group) is 1. The van der Waals surface area contributed by atoms with Crippen molar-refractivity contribution in [1.29, 1.82) is 0 Å². The molecule has 0 saturated heterocycles. The van der Waals surface area contributed by atoms with Crippen LogP contribution in [-0.4, -0.2) is 50.1 Å². The van der Waals surface area contributed by atoms with E-state index in [-0.39, 0.29) is 30.9 Å². The number of nitrogens with one attached hydrogen (secondary N) is 2. The Morgan fingerprint density at radius 3 is 2.50 bits per heavy atom. The number of carbonyl (C=O) groups excluding carboxylic acids is 2. The van der Waals surface area contributed by atoms with Gasteiger partial charge in [0.2, 0.25) is 11.8 Å². The molecule has 2 aromatic rings. The van der Waals surface area contributed by atoms with E-state index in [1.807, 2.05) is 26.0 Å². The number of ether oxygens (including phenoxy) is 2. The summed E-state index contributed by atoms with van der Waals surface area (Å²) in [5, 5.41) is 5.99. The molecule has 0 saturated carbocycles. The highest BCUT2D eigenvalue weighted by Crippen LogP contribution is 2.31. The van der Waals surface area contributed by atoms with Crippen molar-refractivity contribution in [2.75, 3.05) is 38.7 Å². The lowest BCUT2D eigenvalue weighted by Crippen LogP contribution is -2.40. The lowest BCUT2D eigenvalue weighted by Gasteiger charge is -2.27. The van der Waals surface area contributed by atoms with Gasteiger partial charge < -0.3 is 20.1 Å². The summed E-state index contributed by atoms with van der Waals surface area (Å²) in [7, 11) is 1.76. The largest absolute Gasteiger partial charge is 0.490 e. The average Bonchev–Trinajstić information content (AvgIpc) is 2.76. The summed E-state index contributed by atoms with van der Waals surface area (Å²) >= 11 is 0. The Hall–Kier alpha value is -3.06. The van der Waals surface area contributed by atoms with Crippen LogP contribution in [-0.2, 0) is 16.0 Å². The van der Waals surface area contributed by atoms with Gasteiger partial charge in [-0.05, 0) is 63.4 Å². The normalized spacial score (nSPS) is 15.1. The molecule has 32 heavy (non-hydrogen) atoms. The van der Waals surface area contributed by atoms with Crippen molar-refractivity contribution in [3.63, 3.8) is 0 Å². The fourth-order valence-electron chi connectivity index (χ4n) is 4.02. The number of anilines is 1. The van der Waals surface area contributed by atoms with Crippen molar-refractivity contribution in [1.82, 2.24) is 10.2 Å². The van der Waals surface area contributed by atoms with Crippen LogP contribution in [0, 0.1) is 0 Å². The molecule has 1 aliphatic rings. The molecule has 1 aliphatic carbocycles. The van der Waals surface area contributed by atoms with Gasteiger partial charge in [-0.25, -0.2) is 0 Å². The first-order valence-electron chi connectivity index (χ1n) is 11.2. The molecule has 0 aromatic heterocycles. The van der Waals surface area contributed by atoms with E-state index in [1.165, 1.54) is 11.1 Å². The van der Waals surface area contributed by atoms with Crippen LogP contribution >= 0.6 is 0 Å². The molecule has 3 rings (SSSR count). The quantitative estimate of drug-likeness (QED) is 0.592. The molecule has 7 nitrogen and oxygen atoms in total. The smallest absolute Gasteiger partial charge is 0.238 e. The summed E-state index contributed by atoms with van der Waals surface area (Å²) < 4.78 is 11.2. The number of amides is 2. The van der Waals surface area contributed by atoms with Crippen LogP contribution < -0.4 is 20.1 Å². The lowest BCUT2D eigenvalue weighted by molar-refractivity contribution is -0.123. The molecule has 1 atom stereocenters. The summed E-state index contributed by atoms with van der Waals surface area (Å²) in [6.07, 6.45) is 3.05. The van der Waals surface area contributed by atoms with E-state index in [4.69, 9.17) is 9.47 Å². The van der Waals surface area contributed by atoms with E-state index in [0.29, 0.717) is 30.4 Å². The van der Waals surface area contributed by atoms with Crippen molar-refractivity contribution >= 4 is 17.5 Å². The molecule has 2 aromatic carbocycles. The second kappa shape index (κ2) is 11.5. The first kappa shape index (κ1) is 23.6. The van der Waals surface area contributed by atoms with Crippen LogP contribution in [0.1, 0.15) is 43.9 Å². The minimum absolute atomic E-state index is 0.0375. The van der Waals surface area contributed by atoms with E-state index >= 15 is 0 Å². The SMILES string of the molecule is CCOc1ccc(NC(=O)CN(C)CC(=O)N[C@@H]2CCCc3ccccc32)cc1OCC. The minimum Gasteiger partial charge on any atom is -0.490 e. The van der Waals surface area contributed by atoms with Crippen molar-refractivity contribution in [2.45, 2.75) is 39.2 Å². The molecule has 2 N–H and O–H groups in total. The lowest BCUT2D eigenvalue weighted by atomic mass is 9.88. The van der Waals surface area contributed by atoms with E-state index in [2.05, 4.69) is 22.8 Å². The fourth-order valence-corrected chi connectivity index (χ4v) is 4.02. The zero-order valence-electron chi connectivity index (χ0n) is 19.1. The van der Waals surface area contributed by atoms with Crippen molar-refractivity contribution in [3.05, 3.63) is 53.6 Å². The number of aryl methyl sites for hydroxylation is 1. The maximum Gasteiger partial charge on any atom is 0.238 e. The highest BCUT2D eigenvalue weighted by molar-refractivity contribution is 5.93. The number of benzene rings is 2. The van der Waals surface area contributed by atoms with Gasteiger partial charge in [0.05, 0.1) is 32.3 Å². The predicted molar refractivity (Wildman–Crippen MR) is 125 cm³/mol. The van der Waals surface area contributed by atoms with Gasteiger partial charge in [0.25, 0.3) is 0 Å². The van der Waals surface area contributed by atoms with Crippen LogP contribution in [0.3, 0.4) is 0 Å². The molecule has 0 heterocycles. The summed E-state index contributed by atoms with van der Waals surface area (Å²) in [5.74, 6) is 0.953.